The number of carbonyl (C=O) groups excluding carboxylic acids is 1. The Morgan fingerprint density at radius 1 is 1.40 bits per heavy atom. The van der Waals surface area contributed by atoms with Crippen LogP contribution in [0.15, 0.2) is 18.2 Å². The molecule has 0 bridgehead atoms. The van der Waals surface area contributed by atoms with Crippen molar-refractivity contribution in [2.45, 2.75) is 19.9 Å². The van der Waals surface area contributed by atoms with E-state index in [0.717, 1.165) is 6.54 Å². The van der Waals surface area contributed by atoms with Crippen molar-refractivity contribution in [1.82, 2.24) is 9.80 Å². The number of benzene rings is 1. The zero-order chi connectivity index (χ0) is 15.3. The van der Waals surface area contributed by atoms with Crippen LogP contribution in [0, 0.1) is 0 Å². The van der Waals surface area contributed by atoms with Crippen molar-refractivity contribution >= 4 is 11.6 Å². The number of nitrogen functional groups attached to an aromatic ring is 1. The molecule has 0 saturated carbocycles. The average Bonchev–Trinajstić information content (AvgIpc) is 2.38. The van der Waals surface area contributed by atoms with E-state index in [-0.39, 0.29) is 11.9 Å². The van der Waals surface area contributed by atoms with E-state index in [9.17, 15) is 4.79 Å². The first-order valence-corrected chi connectivity index (χ1v) is 6.79. The molecule has 0 spiro atoms. The molecule has 1 atom stereocenters. The van der Waals surface area contributed by atoms with Gasteiger partial charge in [-0.05, 0) is 40.1 Å². The van der Waals surface area contributed by atoms with E-state index in [4.69, 9.17) is 10.5 Å². The maximum atomic E-state index is 12.7. The zero-order valence-corrected chi connectivity index (χ0v) is 13.0. The van der Waals surface area contributed by atoms with Gasteiger partial charge in [0.1, 0.15) is 5.75 Å². The molecule has 0 aliphatic heterocycles. The molecule has 20 heavy (non-hydrogen) atoms. The van der Waals surface area contributed by atoms with Crippen LogP contribution >= 0.6 is 0 Å². The summed E-state index contributed by atoms with van der Waals surface area (Å²) in [5, 5.41) is 0. The van der Waals surface area contributed by atoms with Gasteiger partial charge in [-0.3, -0.25) is 4.79 Å². The maximum absolute atomic E-state index is 12.7. The average molecular weight is 279 g/mol. The zero-order valence-electron chi connectivity index (χ0n) is 13.0. The van der Waals surface area contributed by atoms with Gasteiger partial charge in [0.25, 0.3) is 5.91 Å². The fourth-order valence-electron chi connectivity index (χ4n) is 2.32. The third kappa shape index (κ3) is 3.87. The summed E-state index contributed by atoms with van der Waals surface area (Å²) >= 11 is 0. The lowest BCUT2D eigenvalue weighted by molar-refractivity contribution is 0.0676. The SMILES string of the molecule is CCN(C(=O)c1ccc(N)cc1OC)C(C)CN(C)C. The third-order valence-electron chi connectivity index (χ3n) is 3.22. The summed E-state index contributed by atoms with van der Waals surface area (Å²) in [5.74, 6) is 0.490. The number of hydrogen-bond acceptors (Lipinski definition) is 4. The van der Waals surface area contributed by atoms with Gasteiger partial charge in [-0.15, -0.1) is 0 Å². The predicted molar refractivity (Wildman–Crippen MR) is 82.1 cm³/mol. The van der Waals surface area contributed by atoms with Crippen LogP contribution in [0.1, 0.15) is 24.2 Å². The number of amides is 1. The van der Waals surface area contributed by atoms with Crippen LogP contribution in [-0.4, -0.2) is 56.0 Å². The number of methoxy groups -OCH3 is 1. The van der Waals surface area contributed by atoms with Gasteiger partial charge in [-0.2, -0.15) is 0 Å². The van der Waals surface area contributed by atoms with Gasteiger partial charge in [-0.25, -0.2) is 0 Å². The number of likely N-dealkylation sites (N-methyl/N-ethyl adjacent to an activating group) is 2. The largest absolute Gasteiger partial charge is 0.496 e. The second kappa shape index (κ2) is 7.14. The van der Waals surface area contributed by atoms with Crippen molar-refractivity contribution in [3.8, 4) is 5.75 Å². The molecule has 0 aromatic heterocycles. The van der Waals surface area contributed by atoms with Crippen LogP contribution in [0.3, 0.4) is 0 Å². The lowest BCUT2D eigenvalue weighted by Gasteiger charge is -2.30. The van der Waals surface area contributed by atoms with Crippen LogP contribution < -0.4 is 10.5 Å². The number of carbonyl (C=O) groups is 1. The molecule has 0 fully saturated rings. The number of nitrogens with two attached hydrogens (primary N) is 1. The molecule has 0 aliphatic carbocycles. The van der Waals surface area contributed by atoms with Crippen molar-refractivity contribution in [2.24, 2.45) is 0 Å². The van der Waals surface area contributed by atoms with Gasteiger partial charge >= 0.3 is 0 Å². The van der Waals surface area contributed by atoms with Crippen LogP contribution in [0.5, 0.6) is 5.75 Å². The maximum Gasteiger partial charge on any atom is 0.257 e. The van der Waals surface area contributed by atoms with Crippen LogP contribution in [0.2, 0.25) is 0 Å². The first-order valence-electron chi connectivity index (χ1n) is 6.79. The summed E-state index contributed by atoms with van der Waals surface area (Å²) in [7, 11) is 5.54. The van der Waals surface area contributed by atoms with Crippen LogP contribution in [0.4, 0.5) is 5.69 Å². The first kappa shape index (κ1) is 16.3. The topological polar surface area (TPSA) is 58.8 Å². The minimum Gasteiger partial charge on any atom is -0.496 e. The Kier molecular flexibility index (Phi) is 5.82. The van der Waals surface area contributed by atoms with Crippen molar-refractivity contribution < 1.29 is 9.53 Å². The van der Waals surface area contributed by atoms with Crippen LogP contribution in [0.25, 0.3) is 0 Å². The lowest BCUT2D eigenvalue weighted by atomic mass is 10.1. The molecule has 0 aliphatic rings. The Labute approximate surface area is 121 Å². The van der Waals surface area contributed by atoms with Gasteiger partial charge in [-0.1, -0.05) is 0 Å². The quantitative estimate of drug-likeness (QED) is 0.805. The number of hydrogen-bond donors (Lipinski definition) is 1. The first-order chi connectivity index (χ1) is 9.40. The summed E-state index contributed by atoms with van der Waals surface area (Å²) in [6.07, 6.45) is 0. The highest BCUT2D eigenvalue weighted by atomic mass is 16.5. The second-order valence-electron chi connectivity index (χ2n) is 5.16. The standard InChI is InChI=1S/C15H25N3O2/c1-6-18(11(2)10-17(3)4)15(19)13-8-7-12(16)9-14(13)20-5/h7-9,11H,6,10,16H2,1-5H3. The Bertz CT molecular complexity index is 460. The highest BCUT2D eigenvalue weighted by Gasteiger charge is 2.23. The van der Waals surface area contributed by atoms with Crippen molar-refractivity contribution in [2.75, 3.05) is 40.0 Å². The minimum absolute atomic E-state index is 0.0290. The van der Waals surface area contributed by atoms with E-state index in [2.05, 4.69) is 4.90 Å². The van der Waals surface area contributed by atoms with E-state index in [1.807, 2.05) is 32.8 Å². The molecule has 1 unspecified atom stereocenters. The van der Waals surface area contributed by atoms with E-state index < -0.39 is 0 Å². The van der Waals surface area contributed by atoms with E-state index in [1.165, 1.54) is 0 Å². The second-order valence-corrected chi connectivity index (χ2v) is 5.16. The highest BCUT2D eigenvalue weighted by Crippen LogP contribution is 2.23. The van der Waals surface area contributed by atoms with Crippen molar-refractivity contribution in [3.05, 3.63) is 23.8 Å². The Morgan fingerprint density at radius 3 is 2.55 bits per heavy atom. The molecule has 0 radical (unpaired) electrons. The fraction of sp³-hybridized carbons (Fsp3) is 0.533. The normalized spacial score (nSPS) is 12.3. The summed E-state index contributed by atoms with van der Waals surface area (Å²) in [5.41, 5.74) is 6.86. The minimum atomic E-state index is -0.0290. The summed E-state index contributed by atoms with van der Waals surface area (Å²) < 4.78 is 5.26. The molecule has 112 valence electrons. The molecular weight excluding hydrogens is 254 g/mol. The monoisotopic (exact) mass is 279 g/mol. The van der Waals surface area contributed by atoms with Gasteiger partial charge in [0.2, 0.25) is 0 Å². The molecule has 1 amide bonds. The third-order valence-corrected chi connectivity index (χ3v) is 3.22. The Morgan fingerprint density at radius 2 is 2.05 bits per heavy atom. The smallest absolute Gasteiger partial charge is 0.257 e. The molecule has 1 rings (SSSR count). The molecule has 2 N–H and O–H groups in total. The van der Waals surface area contributed by atoms with Crippen molar-refractivity contribution in [1.29, 1.82) is 0 Å². The van der Waals surface area contributed by atoms with Crippen LogP contribution in [-0.2, 0) is 0 Å². The number of ether oxygens (including phenoxy) is 1. The fourth-order valence-corrected chi connectivity index (χ4v) is 2.32. The van der Waals surface area contributed by atoms with Gasteiger partial charge in [0.05, 0.1) is 12.7 Å². The van der Waals surface area contributed by atoms with E-state index in [1.54, 1.807) is 25.3 Å². The molecule has 1 aromatic carbocycles. The van der Waals surface area contributed by atoms with E-state index in [0.29, 0.717) is 23.5 Å². The highest BCUT2D eigenvalue weighted by molar-refractivity contribution is 5.97. The summed E-state index contributed by atoms with van der Waals surface area (Å²) in [6, 6.07) is 5.25. The van der Waals surface area contributed by atoms with Gasteiger partial charge < -0.3 is 20.3 Å². The molecule has 0 saturated heterocycles. The Balaban J connectivity index is 3.02. The summed E-state index contributed by atoms with van der Waals surface area (Å²) in [6.45, 7) is 5.50. The van der Waals surface area contributed by atoms with Crippen molar-refractivity contribution in [3.63, 3.8) is 0 Å². The molecule has 0 heterocycles. The lowest BCUT2D eigenvalue weighted by Crippen LogP contribution is -2.43. The molecular formula is C15H25N3O2. The number of nitrogens with zero attached hydrogens (tertiary/aromatic N) is 2. The molecule has 1 aromatic rings. The summed E-state index contributed by atoms with van der Waals surface area (Å²) in [4.78, 5) is 16.6. The number of rotatable bonds is 6. The molecule has 5 heteroatoms. The van der Waals surface area contributed by atoms with E-state index >= 15 is 0 Å². The molecule has 5 nitrogen and oxygen atoms in total. The van der Waals surface area contributed by atoms with Gasteiger partial charge in [0, 0.05) is 30.9 Å². The van der Waals surface area contributed by atoms with Gasteiger partial charge in [0.15, 0.2) is 0 Å². The Hall–Kier alpha value is -1.75. The number of anilines is 1. The predicted octanol–water partition coefficient (Wildman–Crippen LogP) is 1.69.